The average molecular weight is 345 g/mol. The lowest BCUT2D eigenvalue weighted by atomic mass is 9.71. The van der Waals surface area contributed by atoms with Gasteiger partial charge in [-0.3, -0.25) is 0 Å². The van der Waals surface area contributed by atoms with Crippen LogP contribution in [-0.4, -0.2) is 6.04 Å². The Balaban J connectivity index is 1.94. The van der Waals surface area contributed by atoms with Gasteiger partial charge in [0.2, 0.25) is 0 Å². The van der Waals surface area contributed by atoms with Crippen LogP contribution >= 0.6 is 27.5 Å². The molecule has 0 spiro atoms. The number of hydrogen-bond acceptors (Lipinski definition) is 1. The highest BCUT2D eigenvalue weighted by atomic mass is 79.9. The van der Waals surface area contributed by atoms with Gasteiger partial charge in [0, 0.05) is 6.04 Å². The monoisotopic (exact) mass is 343 g/mol. The summed E-state index contributed by atoms with van der Waals surface area (Å²) in [7, 11) is 0. The van der Waals surface area contributed by atoms with Crippen molar-refractivity contribution in [2.75, 3.05) is 5.32 Å². The van der Waals surface area contributed by atoms with Crippen LogP contribution in [0.25, 0.3) is 0 Å². The summed E-state index contributed by atoms with van der Waals surface area (Å²) in [5.41, 5.74) is 1.56. The van der Waals surface area contributed by atoms with Crippen molar-refractivity contribution in [1.29, 1.82) is 0 Å². The standard InChI is InChI=1S/C16H23BrClN/c1-16(2,3)11-7-9-12(10-8-11)19-14-6-4-5-13(18)15(14)17/h4-6,11-12,19H,7-10H2,1-3H3. The number of rotatable bonds is 2. The largest absolute Gasteiger partial charge is 0.381 e. The van der Waals surface area contributed by atoms with Gasteiger partial charge >= 0.3 is 0 Å². The Bertz CT molecular complexity index is 431. The molecule has 0 bridgehead atoms. The van der Waals surface area contributed by atoms with Crippen molar-refractivity contribution < 1.29 is 0 Å². The minimum absolute atomic E-state index is 0.446. The molecule has 1 aliphatic rings. The molecule has 106 valence electrons. The fourth-order valence-electron chi connectivity index (χ4n) is 2.94. The van der Waals surface area contributed by atoms with Gasteiger partial charge in [-0.2, -0.15) is 0 Å². The maximum absolute atomic E-state index is 6.13. The summed E-state index contributed by atoms with van der Waals surface area (Å²) >= 11 is 9.68. The zero-order chi connectivity index (χ0) is 14.0. The van der Waals surface area contributed by atoms with Crippen LogP contribution in [-0.2, 0) is 0 Å². The van der Waals surface area contributed by atoms with Gasteiger partial charge in [-0.1, -0.05) is 38.4 Å². The summed E-state index contributed by atoms with van der Waals surface area (Å²) in [6, 6.07) is 6.57. The molecule has 1 saturated carbocycles. The van der Waals surface area contributed by atoms with E-state index < -0.39 is 0 Å². The Kier molecular flexibility index (Phi) is 4.84. The second-order valence-electron chi connectivity index (χ2n) is 6.66. The molecule has 1 nitrogen and oxygen atoms in total. The average Bonchev–Trinajstić information content (AvgIpc) is 2.35. The molecule has 0 aromatic heterocycles. The van der Waals surface area contributed by atoms with E-state index in [4.69, 9.17) is 11.6 Å². The van der Waals surface area contributed by atoms with Crippen LogP contribution in [0.5, 0.6) is 0 Å². The van der Waals surface area contributed by atoms with Crippen LogP contribution in [0, 0.1) is 11.3 Å². The topological polar surface area (TPSA) is 12.0 Å². The van der Waals surface area contributed by atoms with Gasteiger partial charge in [-0.05, 0) is 65.1 Å². The first-order valence-corrected chi connectivity index (χ1v) is 8.25. The first kappa shape index (κ1) is 15.2. The van der Waals surface area contributed by atoms with E-state index in [9.17, 15) is 0 Å². The van der Waals surface area contributed by atoms with Gasteiger partial charge < -0.3 is 5.32 Å². The molecule has 0 amide bonds. The molecule has 3 heteroatoms. The van der Waals surface area contributed by atoms with Crippen LogP contribution in [0.15, 0.2) is 22.7 Å². The molecule has 1 aromatic carbocycles. The van der Waals surface area contributed by atoms with Crippen LogP contribution in [0.4, 0.5) is 5.69 Å². The zero-order valence-corrected chi connectivity index (χ0v) is 14.3. The highest BCUT2D eigenvalue weighted by Crippen LogP contribution is 2.39. The maximum Gasteiger partial charge on any atom is 0.0593 e. The molecule has 19 heavy (non-hydrogen) atoms. The minimum atomic E-state index is 0.446. The fraction of sp³-hybridized carbons (Fsp3) is 0.625. The Labute approximate surface area is 130 Å². The van der Waals surface area contributed by atoms with Gasteiger partial charge in [-0.15, -0.1) is 0 Å². The van der Waals surface area contributed by atoms with Crippen LogP contribution in [0.3, 0.4) is 0 Å². The second kappa shape index (κ2) is 6.05. The van der Waals surface area contributed by atoms with Crippen LogP contribution in [0.1, 0.15) is 46.5 Å². The molecule has 0 heterocycles. The van der Waals surface area contributed by atoms with Crippen molar-refractivity contribution in [1.82, 2.24) is 0 Å². The number of benzene rings is 1. The van der Waals surface area contributed by atoms with E-state index in [1.807, 2.05) is 12.1 Å². The second-order valence-corrected chi connectivity index (χ2v) is 7.86. The predicted molar refractivity (Wildman–Crippen MR) is 88.0 cm³/mol. The van der Waals surface area contributed by atoms with Crippen molar-refractivity contribution in [2.24, 2.45) is 11.3 Å². The van der Waals surface area contributed by atoms with Gasteiger partial charge in [-0.25, -0.2) is 0 Å². The van der Waals surface area contributed by atoms with E-state index in [0.717, 1.165) is 21.1 Å². The van der Waals surface area contributed by atoms with Crippen LogP contribution < -0.4 is 5.32 Å². The summed E-state index contributed by atoms with van der Waals surface area (Å²) in [4.78, 5) is 0. The first-order chi connectivity index (χ1) is 8.88. The van der Waals surface area contributed by atoms with Crippen LogP contribution in [0.2, 0.25) is 5.02 Å². The Morgan fingerprint density at radius 2 is 1.79 bits per heavy atom. The van der Waals surface area contributed by atoms with E-state index in [2.05, 4.69) is 48.1 Å². The Morgan fingerprint density at radius 1 is 1.16 bits per heavy atom. The van der Waals surface area contributed by atoms with Crippen molar-refractivity contribution in [3.63, 3.8) is 0 Å². The summed E-state index contributed by atoms with van der Waals surface area (Å²) < 4.78 is 0.981. The summed E-state index contributed by atoms with van der Waals surface area (Å²) in [5.74, 6) is 0.855. The summed E-state index contributed by atoms with van der Waals surface area (Å²) in [6.45, 7) is 7.08. The molecule has 1 N–H and O–H groups in total. The molecule has 0 aliphatic heterocycles. The number of nitrogens with one attached hydrogen (secondary N) is 1. The Hall–Kier alpha value is -0.210. The first-order valence-electron chi connectivity index (χ1n) is 7.08. The number of hydrogen-bond donors (Lipinski definition) is 1. The molecular formula is C16H23BrClN. The molecule has 0 radical (unpaired) electrons. The van der Waals surface area contributed by atoms with E-state index in [-0.39, 0.29) is 0 Å². The smallest absolute Gasteiger partial charge is 0.0593 e. The quantitative estimate of drug-likeness (QED) is 0.681. The van der Waals surface area contributed by atoms with E-state index in [1.54, 1.807) is 0 Å². The lowest BCUT2D eigenvalue weighted by Crippen LogP contribution is -2.31. The number of halogens is 2. The third-order valence-corrected chi connectivity index (χ3v) is 5.66. The highest BCUT2D eigenvalue weighted by molar-refractivity contribution is 9.10. The van der Waals surface area contributed by atoms with Crippen molar-refractivity contribution >= 4 is 33.2 Å². The predicted octanol–water partition coefficient (Wildman–Crippen LogP) is 6.12. The zero-order valence-electron chi connectivity index (χ0n) is 12.0. The maximum atomic E-state index is 6.13. The molecule has 2 rings (SSSR count). The van der Waals surface area contributed by atoms with E-state index in [1.165, 1.54) is 25.7 Å². The molecule has 0 unspecified atom stereocenters. The highest BCUT2D eigenvalue weighted by Gasteiger charge is 2.29. The van der Waals surface area contributed by atoms with E-state index >= 15 is 0 Å². The normalized spacial score (nSPS) is 24.3. The van der Waals surface area contributed by atoms with Crippen molar-refractivity contribution in [3.8, 4) is 0 Å². The molecule has 1 fully saturated rings. The van der Waals surface area contributed by atoms with Gasteiger partial charge in [0.25, 0.3) is 0 Å². The Morgan fingerprint density at radius 3 is 2.37 bits per heavy atom. The van der Waals surface area contributed by atoms with E-state index in [0.29, 0.717) is 11.5 Å². The molecular weight excluding hydrogens is 322 g/mol. The lowest BCUT2D eigenvalue weighted by molar-refractivity contribution is 0.173. The SMILES string of the molecule is CC(C)(C)C1CCC(Nc2cccc(Cl)c2Br)CC1. The molecule has 0 atom stereocenters. The third kappa shape index (κ3) is 3.88. The van der Waals surface area contributed by atoms with Gasteiger partial charge in [0.1, 0.15) is 0 Å². The van der Waals surface area contributed by atoms with Crippen molar-refractivity contribution in [3.05, 3.63) is 27.7 Å². The minimum Gasteiger partial charge on any atom is -0.381 e. The number of anilines is 1. The third-order valence-electron chi connectivity index (χ3n) is 4.26. The fourth-order valence-corrected chi connectivity index (χ4v) is 3.49. The molecule has 0 saturated heterocycles. The van der Waals surface area contributed by atoms with Gasteiger partial charge in [0.05, 0.1) is 15.2 Å². The van der Waals surface area contributed by atoms with Crippen molar-refractivity contribution in [2.45, 2.75) is 52.5 Å². The molecule has 1 aromatic rings. The molecule has 1 aliphatic carbocycles. The lowest BCUT2D eigenvalue weighted by Gasteiger charge is -2.37. The summed E-state index contributed by atoms with van der Waals surface area (Å²) in [5, 5.41) is 4.40. The van der Waals surface area contributed by atoms with Gasteiger partial charge in [0.15, 0.2) is 0 Å². The summed E-state index contributed by atoms with van der Waals surface area (Å²) in [6.07, 6.45) is 5.14.